The van der Waals surface area contributed by atoms with E-state index in [1.54, 1.807) is 6.07 Å². The Morgan fingerprint density at radius 1 is 1.53 bits per heavy atom. The van der Waals surface area contributed by atoms with Gasteiger partial charge >= 0.3 is 0 Å². The smallest absolute Gasteiger partial charge is 0.137 e. The third-order valence-electron chi connectivity index (χ3n) is 2.27. The minimum atomic E-state index is -0.246. The molecule has 0 aliphatic heterocycles. The molecule has 0 aliphatic carbocycles. The van der Waals surface area contributed by atoms with Gasteiger partial charge in [0.1, 0.15) is 5.82 Å². The van der Waals surface area contributed by atoms with E-state index in [0.717, 1.165) is 11.1 Å². The second-order valence-electron chi connectivity index (χ2n) is 3.75. The molecule has 0 heterocycles. The van der Waals surface area contributed by atoms with Gasteiger partial charge in [-0.15, -0.1) is 0 Å². The fourth-order valence-corrected chi connectivity index (χ4v) is 1.52. The van der Waals surface area contributed by atoms with Crippen LogP contribution in [0.3, 0.4) is 0 Å². The van der Waals surface area contributed by atoms with Crippen molar-refractivity contribution in [1.29, 1.82) is 0 Å². The highest BCUT2D eigenvalue weighted by atomic mass is 79.9. The van der Waals surface area contributed by atoms with Gasteiger partial charge in [0.15, 0.2) is 0 Å². The van der Waals surface area contributed by atoms with Gasteiger partial charge in [-0.25, -0.2) is 4.39 Å². The molecule has 2 N–H and O–H groups in total. The lowest BCUT2D eigenvalue weighted by Gasteiger charge is -2.08. The van der Waals surface area contributed by atoms with Crippen LogP contribution in [0.25, 0.3) is 6.08 Å². The zero-order chi connectivity index (χ0) is 11.4. The van der Waals surface area contributed by atoms with Crippen LogP contribution in [0, 0.1) is 11.7 Å². The van der Waals surface area contributed by atoms with Gasteiger partial charge < -0.3 is 5.73 Å². The SMILES string of the molecule is CC(C)/C(=C/c1ccc(Br)c(F)c1)CN. The molecule has 0 unspecified atom stereocenters. The molecule has 1 rings (SSSR count). The number of nitrogens with two attached hydrogens (primary N) is 1. The van der Waals surface area contributed by atoms with Crippen molar-refractivity contribution < 1.29 is 4.39 Å². The van der Waals surface area contributed by atoms with Crippen LogP contribution in [-0.2, 0) is 0 Å². The number of hydrogen-bond acceptors (Lipinski definition) is 1. The molecule has 0 saturated carbocycles. The Hall–Kier alpha value is -0.670. The molecule has 0 saturated heterocycles. The minimum Gasteiger partial charge on any atom is -0.327 e. The van der Waals surface area contributed by atoms with Crippen LogP contribution in [0.1, 0.15) is 19.4 Å². The van der Waals surface area contributed by atoms with Crippen LogP contribution in [0.5, 0.6) is 0 Å². The van der Waals surface area contributed by atoms with Crippen LogP contribution in [0.4, 0.5) is 4.39 Å². The highest BCUT2D eigenvalue weighted by molar-refractivity contribution is 9.10. The van der Waals surface area contributed by atoms with Gasteiger partial charge in [-0.2, -0.15) is 0 Å². The normalized spacial score (nSPS) is 12.3. The maximum Gasteiger partial charge on any atom is 0.137 e. The quantitative estimate of drug-likeness (QED) is 0.894. The van der Waals surface area contributed by atoms with E-state index in [1.165, 1.54) is 6.07 Å². The molecule has 3 heteroatoms. The maximum atomic E-state index is 13.2. The van der Waals surface area contributed by atoms with Crippen LogP contribution in [-0.4, -0.2) is 6.54 Å². The lowest BCUT2D eigenvalue weighted by Crippen LogP contribution is -2.08. The Balaban J connectivity index is 3.01. The van der Waals surface area contributed by atoms with Gasteiger partial charge in [0, 0.05) is 6.54 Å². The van der Waals surface area contributed by atoms with Crippen LogP contribution < -0.4 is 5.73 Å². The van der Waals surface area contributed by atoms with Gasteiger partial charge in [0.25, 0.3) is 0 Å². The first-order valence-corrected chi connectivity index (χ1v) is 5.69. The van der Waals surface area contributed by atoms with Crippen molar-refractivity contribution >= 4 is 22.0 Å². The lowest BCUT2D eigenvalue weighted by molar-refractivity contribution is 0.620. The first-order valence-electron chi connectivity index (χ1n) is 4.90. The first kappa shape index (κ1) is 12.4. The molecule has 82 valence electrons. The summed E-state index contributed by atoms with van der Waals surface area (Å²) in [4.78, 5) is 0. The number of benzene rings is 1. The lowest BCUT2D eigenvalue weighted by atomic mass is 10.0. The van der Waals surface area contributed by atoms with Gasteiger partial charge in [0.2, 0.25) is 0 Å². The Kier molecular flexibility index (Phi) is 4.48. The molecular weight excluding hydrogens is 257 g/mol. The summed E-state index contributed by atoms with van der Waals surface area (Å²) < 4.78 is 13.7. The molecule has 15 heavy (non-hydrogen) atoms. The number of rotatable bonds is 3. The van der Waals surface area contributed by atoms with E-state index in [-0.39, 0.29) is 5.82 Å². The molecule has 0 fully saturated rings. The molecule has 1 aromatic rings. The molecule has 0 bridgehead atoms. The van der Waals surface area contributed by atoms with Crippen molar-refractivity contribution in [3.8, 4) is 0 Å². The molecule has 0 radical (unpaired) electrons. The van der Waals surface area contributed by atoms with Gasteiger partial charge in [-0.3, -0.25) is 0 Å². The maximum absolute atomic E-state index is 13.2. The van der Waals surface area contributed by atoms with Crippen molar-refractivity contribution in [2.24, 2.45) is 11.7 Å². The average molecular weight is 272 g/mol. The monoisotopic (exact) mass is 271 g/mol. The minimum absolute atomic E-state index is 0.246. The fourth-order valence-electron chi connectivity index (χ4n) is 1.28. The number of hydrogen-bond donors (Lipinski definition) is 1. The van der Waals surface area contributed by atoms with Gasteiger partial charge in [0.05, 0.1) is 4.47 Å². The van der Waals surface area contributed by atoms with E-state index in [9.17, 15) is 4.39 Å². The Bertz CT molecular complexity index is 372. The summed E-state index contributed by atoms with van der Waals surface area (Å²) in [6, 6.07) is 5.07. The predicted molar refractivity (Wildman–Crippen MR) is 66.0 cm³/mol. The summed E-state index contributed by atoms with van der Waals surface area (Å²) in [6.07, 6.45) is 1.94. The fraction of sp³-hybridized carbons (Fsp3) is 0.333. The second kappa shape index (κ2) is 5.42. The zero-order valence-electron chi connectivity index (χ0n) is 8.93. The Morgan fingerprint density at radius 2 is 2.20 bits per heavy atom. The van der Waals surface area contributed by atoms with E-state index < -0.39 is 0 Å². The van der Waals surface area contributed by atoms with E-state index >= 15 is 0 Å². The molecular formula is C12H15BrFN. The first-order chi connectivity index (χ1) is 7.04. The highest BCUT2D eigenvalue weighted by Gasteiger charge is 2.03. The topological polar surface area (TPSA) is 26.0 Å². The van der Waals surface area contributed by atoms with Crippen LogP contribution in [0.2, 0.25) is 0 Å². The Labute approximate surface area is 98.3 Å². The average Bonchev–Trinajstić information content (AvgIpc) is 2.19. The summed E-state index contributed by atoms with van der Waals surface area (Å²) in [5.41, 5.74) is 7.59. The molecule has 0 spiro atoms. The van der Waals surface area contributed by atoms with Crippen LogP contribution in [0.15, 0.2) is 28.2 Å². The molecule has 0 aliphatic rings. The molecule has 0 amide bonds. The summed E-state index contributed by atoms with van der Waals surface area (Å²) in [7, 11) is 0. The van der Waals surface area contributed by atoms with Crippen molar-refractivity contribution in [1.82, 2.24) is 0 Å². The van der Waals surface area contributed by atoms with E-state index in [4.69, 9.17) is 5.73 Å². The van der Waals surface area contributed by atoms with Gasteiger partial charge in [-0.1, -0.05) is 31.6 Å². The second-order valence-corrected chi connectivity index (χ2v) is 4.61. The van der Waals surface area contributed by atoms with Gasteiger partial charge in [-0.05, 0) is 39.5 Å². The Morgan fingerprint density at radius 3 is 2.67 bits per heavy atom. The summed E-state index contributed by atoms with van der Waals surface area (Å²) in [6.45, 7) is 4.66. The molecule has 1 nitrogen and oxygen atoms in total. The predicted octanol–water partition coefficient (Wildman–Crippen LogP) is 3.59. The van der Waals surface area contributed by atoms with Crippen LogP contribution >= 0.6 is 15.9 Å². The highest BCUT2D eigenvalue weighted by Crippen LogP contribution is 2.19. The zero-order valence-corrected chi connectivity index (χ0v) is 10.5. The number of halogens is 2. The third kappa shape index (κ3) is 3.43. The summed E-state index contributed by atoms with van der Waals surface area (Å²) in [5.74, 6) is 0.144. The summed E-state index contributed by atoms with van der Waals surface area (Å²) >= 11 is 3.12. The molecule has 0 aromatic heterocycles. The molecule has 0 atom stereocenters. The summed E-state index contributed by atoms with van der Waals surface area (Å²) in [5, 5.41) is 0. The standard InChI is InChI=1S/C12H15BrFN/c1-8(2)10(7-15)5-9-3-4-11(13)12(14)6-9/h3-6,8H,7,15H2,1-2H3/b10-5+. The van der Waals surface area contributed by atoms with Crippen molar-refractivity contribution in [2.45, 2.75) is 13.8 Å². The largest absolute Gasteiger partial charge is 0.327 e. The molecule has 1 aromatic carbocycles. The van der Waals surface area contributed by atoms with E-state index in [0.29, 0.717) is 16.9 Å². The van der Waals surface area contributed by atoms with Crippen molar-refractivity contribution in [2.75, 3.05) is 6.54 Å². The van der Waals surface area contributed by atoms with E-state index in [2.05, 4.69) is 29.8 Å². The van der Waals surface area contributed by atoms with Crippen molar-refractivity contribution in [3.05, 3.63) is 39.6 Å². The van der Waals surface area contributed by atoms with E-state index in [1.807, 2.05) is 12.1 Å². The third-order valence-corrected chi connectivity index (χ3v) is 2.92. The van der Waals surface area contributed by atoms with Crippen molar-refractivity contribution in [3.63, 3.8) is 0 Å².